The summed E-state index contributed by atoms with van der Waals surface area (Å²) < 4.78 is 0. The fraction of sp³-hybridized carbons (Fsp3) is 0.133. The molecule has 98 valence electrons. The number of hydrogen-bond acceptors (Lipinski definition) is 2. The summed E-state index contributed by atoms with van der Waals surface area (Å²) in [7, 11) is 0. The second-order valence-electron chi connectivity index (χ2n) is 4.27. The fourth-order valence-electron chi connectivity index (χ4n) is 1.80. The first-order valence-corrected chi connectivity index (χ1v) is 6.30. The minimum atomic E-state index is -0.314. The van der Waals surface area contributed by atoms with Crippen LogP contribution in [0.3, 0.4) is 0 Å². The number of hydrogen-bond donors (Lipinski definition) is 2. The van der Waals surface area contributed by atoms with Crippen molar-refractivity contribution in [3.05, 3.63) is 64.7 Å². The summed E-state index contributed by atoms with van der Waals surface area (Å²) >= 11 is 5.91. The van der Waals surface area contributed by atoms with Gasteiger partial charge in [0.25, 0.3) is 5.91 Å². The van der Waals surface area contributed by atoms with Crippen LogP contribution in [-0.2, 0) is 0 Å². The summed E-state index contributed by atoms with van der Waals surface area (Å²) in [6.07, 6.45) is 0. The lowest BCUT2D eigenvalue weighted by molar-refractivity contribution is 0.0937. The van der Waals surface area contributed by atoms with E-state index in [0.29, 0.717) is 5.02 Å². The summed E-state index contributed by atoms with van der Waals surface area (Å²) in [5.74, 6) is -0.344. The van der Waals surface area contributed by atoms with Crippen molar-refractivity contribution in [2.45, 2.75) is 13.0 Å². The molecular formula is C15H14ClNO2. The maximum absolute atomic E-state index is 12.0. The molecule has 0 unspecified atom stereocenters. The van der Waals surface area contributed by atoms with Gasteiger partial charge in [0.15, 0.2) is 0 Å². The second-order valence-corrected chi connectivity index (χ2v) is 4.70. The van der Waals surface area contributed by atoms with Crippen molar-refractivity contribution in [2.75, 3.05) is 0 Å². The molecule has 0 heterocycles. The number of phenols is 1. The van der Waals surface area contributed by atoms with E-state index in [2.05, 4.69) is 5.32 Å². The molecule has 2 aromatic rings. The molecule has 0 spiro atoms. The smallest absolute Gasteiger partial charge is 0.255 e. The molecule has 0 aliphatic carbocycles. The van der Waals surface area contributed by atoms with Crippen molar-refractivity contribution in [2.24, 2.45) is 0 Å². The zero-order chi connectivity index (χ0) is 13.8. The summed E-state index contributed by atoms with van der Waals surface area (Å²) in [4.78, 5) is 12.0. The molecule has 0 aromatic heterocycles. The van der Waals surface area contributed by atoms with Gasteiger partial charge in [-0.3, -0.25) is 4.79 Å². The van der Waals surface area contributed by atoms with Crippen LogP contribution < -0.4 is 5.32 Å². The van der Waals surface area contributed by atoms with Gasteiger partial charge in [-0.1, -0.05) is 35.9 Å². The molecule has 2 rings (SSSR count). The molecule has 1 amide bonds. The van der Waals surface area contributed by atoms with Gasteiger partial charge in [0.05, 0.1) is 11.6 Å². The predicted octanol–water partition coefficient (Wildman–Crippen LogP) is 3.54. The molecule has 3 nitrogen and oxygen atoms in total. The van der Waals surface area contributed by atoms with Crippen LogP contribution in [0.25, 0.3) is 0 Å². The molecular weight excluding hydrogens is 262 g/mol. The Bertz CT molecular complexity index is 598. The van der Waals surface area contributed by atoms with E-state index in [4.69, 9.17) is 11.6 Å². The van der Waals surface area contributed by atoms with E-state index in [9.17, 15) is 9.90 Å². The first-order chi connectivity index (χ1) is 9.08. The number of para-hydroxylation sites is 1. The van der Waals surface area contributed by atoms with Gasteiger partial charge in [0, 0.05) is 5.02 Å². The Balaban J connectivity index is 2.13. The number of benzene rings is 2. The van der Waals surface area contributed by atoms with Crippen molar-refractivity contribution in [1.82, 2.24) is 5.32 Å². The highest BCUT2D eigenvalue weighted by atomic mass is 35.5. The van der Waals surface area contributed by atoms with E-state index in [-0.39, 0.29) is 23.3 Å². The Morgan fingerprint density at radius 1 is 1.21 bits per heavy atom. The normalized spacial score (nSPS) is 11.9. The molecule has 19 heavy (non-hydrogen) atoms. The Labute approximate surface area is 116 Å². The number of aromatic hydroxyl groups is 1. The lowest BCUT2D eigenvalue weighted by Gasteiger charge is -2.15. The van der Waals surface area contributed by atoms with Crippen molar-refractivity contribution in [1.29, 1.82) is 0 Å². The topological polar surface area (TPSA) is 49.3 Å². The van der Waals surface area contributed by atoms with E-state index in [1.165, 1.54) is 6.07 Å². The number of amides is 1. The maximum atomic E-state index is 12.0. The van der Waals surface area contributed by atoms with E-state index >= 15 is 0 Å². The highest BCUT2D eigenvalue weighted by Crippen LogP contribution is 2.20. The number of halogens is 1. The summed E-state index contributed by atoms with van der Waals surface area (Å²) in [6.45, 7) is 1.86. The standard InChI is InChI=1S/C15H14ClNO2/c1-10(11-5-4-6-12(16)9-11)17-15(19)13-7-2-3-8-14(13)18/h2-10,18H,1H3,(H,17,19)/t10-/m1/s1. The third-order valence-corrected chi connectivity index (χ3v) is 3.08. The van der Waals surface area contributed by atoms with Gasteiger partial charge in [0.2, 0.25) is 0 Å². The lowest BCUT2D eigenvalue weighted by atomic mass is 10.1. The van der Waals surface area contributed by atoms with E-state index in [1.54, 1.807) is 30.3 Å². The third-order valence-electron chi connectivity index (χ3n) is 2.84. The van der Waals surface area contributed by atoms with Crippen LogP contribution in [0.15, 0.2) is 48.5 Å². The Morgan fingerprint density at radius 2 is 1.95 bits per heavy atom. The third kappa shape index (κ3) is 3.26. The summed E-state index contributed by atoms with van der Waals surface area (Å²) in [6, 6.07) is 13.6. The Kier molecular flexibility index (Phi) is 4.07. The highest BCUT2D eigenvalue weighted by Gasteiger charge is 2.14. The van der Waals surface area contributed by atoms with E-state index < -0.39 is 0 Å². The molecule has 4 heteroatoms. The van der Waals surface area contributed by atoms with Gasteiger partial charge in [-0.25, -0.2) is 0 Å². The second kappa shape index (κ2) is 5.76. The molecule has 0 bridgehead atoms. The predicted molar refractivity (Wildman–Crippen MR) is 75.4 cm³/mol. The van der Waals surface area contributed by atoms with Gasteiger partial charge < -0.3 is 10.4 Å². The average Bonchev–Trinajstić information content (AvgIpc) is 2.39. The van der Waals surface area contributed by atoms with Gasteiger partial charge >= 0.3 is 0 Å². The molecule has 0 aliphatic rings. The maximum Gasteiger partial charge on any atom is 0.255 e. The van der Waals surface area contributed by atoms with Crippen LogP contribution in [0.2, 0.25) is 5.02 Å². The molecule has 0 radical (unpaired) electrons. The first kappa shape index (κ1) is 13.4. The van der Waals surface area contributed by atoms with E-state index in [1.807, 2.05) is 19.1 Å². The quantitative estimate of drug-likeness (QED) is 0.900. The largest absolute Gasteiger partial charge is 0.507 e. The van der Waals surface area contributed by atoms with Crippen molar-refractivity contribution >= 4 is 17.5 Å². The van der Waals surface area contributed by atoms with Crippen molar-refractivity contribution in [3.8, 4) is 5.75 Å². The molecule has 1 atom stereocenters. The van der Waals surface area contributed by atoms with Crippen molar-refractivity contribution < 1.29 is 9.90 Å². The Hall–Kier alpha value is -2.00. The van der Waals surface area contributed by atoms with Gasteiger partial charge in [0.1, 0.15) is 5.75 Å². The SMILES string of the molecule is C[C@@H](NC(=O)c1ccccc1O)c1cccc(Cl)c1. The van der Waals surface area contributed by atoms with Crippen LogP contribution in [0, 0.1) is 0 Å². The number of carbonyl (C=O) groups excluding carboxylic acids is 1. The highest BCUT2D eigenvalue weighted by molar-refractivity contribution is 6.30. The minimum absolute atomic E-state index is 0.0294. The average molecular weight is 276 g/mol. The van der Waals surface area contributed by atoms with E-state index in [0.717, 1.165) is 5.56 Å². The number of phenolic OH excluding ortho intramolecular Hbond substituents is 1. The van der Waals surface area contributed by atoms with Crippen LogP contribution in [0.5, 0.6) is 5.75 Å². The summed E-state index contributed by atoms with van der Waals surface area (Å²) in [5.41, 5.74) is 1.17. The molecule has 2 N–H and O–H groups in total. The Morgan fingerprint density at radius 3 is 2.63 bits per heavy atom. The van der Waals surface area contributed by atoms with Crippen molar-refractivity contribution in [3.63, 3.8) is 0 Å². The molecule has 0 saturated heterocycles. The number of rotatable bonds is 3. The fourth-order valence-corrected chi connectivity index (χ4v) is 2.00. The molecule has 0 fully saturated rings. The minimum Gasteiger partial charge on any atom is -0.507 e. The van der Waals surface area contributed by atoms with Gasteiger partial charge in [-0.05, 0) is 36.8 Å². The molecule has 2 aromatic carbocycles. The van der Waals surface area contributed by atoms with Crippen LogP contribution in [0.4, 0.5) is 0 Å². The zero-order valence-electron chi connectivity index (χ0n) is 10.4. The number of nitrogens with one attached hydrogen (secondary N) is 1. The van der Waals surface area contributed by atoms with Crippen LogP contribution in [0.1, 0.15) is 28.9 Å². The van der Waals surface area contributed by atoms with Gasteiger partial charge in [-0.15, -0.1) is 0 Å². The molecule has 0 aliphatic heterocycles. The molecule has 0 saturated carbocycles. The first-order valence-electron chi connectivity index (χ1n) is 5.92. The monoisotopic (exact) mass is 275 g/mol. The van der Waals surface area contributed by atoms with Crippen LogP contribution in [-0.4, -0.2) is 11.0 Å². The number of carbonyl (C=O) groups is 1. The van der Waals surface area contributed by atoms with Gasteiger partial charge in [-0.2, -0.15) is 0 Å². The summed E-state index contributed by atoms with van der Waals surface area (Å²) in [5, 5.41) is 13.1. The zero-order valence-corrected chi connectivity index (χ0v) is 11.2. The van der Waals surface area contributed by atoms with Crippen LogP contribution >= 0.6 is 11.6 Å². The lowest BCUT2D eigenvalue weighted by Crippen LogP contribution is -2.26.